The van der Waals surface area contributed by atoms with Gasteiger partial charge in [-0.25, -0.2) is 0 Å². The Morgan fingerprint density at radius 1 is 1.07 bits per heavy atom. The third-order valence-electron chi connectivity index (χ3n) is 5.12. The van der Waals surface area contributed by atoms with Gasteiger partial charge in [0.2, 0.25) is 5.91 Å². The van der Waals surface area contributed by atoms with E-state index in [0.29, 0.717) is 19.0 Å². The van der Waals surface area contributed by atoms with E-state index in [-0.39, 0.29) is 11.9 Å². The summed E-state index contributed by atoms with van der Waals surface area (Å²) in [6.45, 7) is 4.69. The Morgan fingerprint density at radius 2 is 1.85 bits per heavy atom. The van der Waals surface area contributed by atoms with Gasteiger partial charge >= 0.3 is 0 Å². The first-order valence-corrected chi connectivity index (χ1v) is 9.40. The standard InChI is InChI=1S/C22H24N2O3/c1-16(24-11-9-18(10-12-24)17-5-3-2-4-6-17)22(25)23-19-7-8-20-21(15-19)27-14-13-26-20/h2-9,15-16H,10-14H2,1H3,(H,23,25)/t16-/m0/s1. The van der Waals surface area contributed by atoms with Gasteiger partial charge in [-0.15, -0.1) is 0 Å². The molecule has 2 aromatic rings. The number of hydrogen-bond donors (Lipinski definition) is 1. The fourth-order valence-corrected chi connectivity index (χ4v) is 3.48. The molecule has 5 heteroatoms. The molecule has 0 saturated heterocycles. The first-order valence-electron chi connectivity index (χ1n) is 9.40. The van der Waals surface area contributed by atoms with Crippen LogP contribution in [0.4, 0.5) is 5.69 Å². The summed E-state index contributed by atoms with van der Waals surface area (Å²) < 4.78 is 11.1. The zero-order valence-corrected chi connectivity index (χ0v) is 15.5. The van der Waals surface area contributed by atoms with Gasteiger partial charge in [-0.3, -0.25) is 9.69 Å². The number of carbonyl (C=O) groups is 1. The number of rotatable bonds is 4. The summed E-state index contributed by atoms with van der Waals surface area (Å²) in [5, 5.41) is 3.00. The van der Waals surface area contributed by atoms with Gasteiger partial charge in [0.1, 0.15) is 13.2 Å². The van der Waals surface area contributed by atoms with Crippen LogP contribution in [0, 0.1) is 0 Å². The SMILES string of the molecule is C[C@@H](C(=O)Nc1ccc2c(c1)OCCO2)N1CC=C(c2ccccc2)CC1. The summed E-state index contributed by atoms with van der Waals surface area (Å²) in [6, 6.07) is 15.7. The average molecular weight is 364 g/mol. The highest BCUT2D eigenvalue weighted by Crippen LogP contribution is 2.32. The third-order valence-corrected chi connectivity index (χ3v) is 5.12. The van der Waals surface area contributed by atoms with Crippen LogP contribution in [-0.4, -0.2) is 43.2 Å². The monoisotopic (exact) mass is 364 g/mol. The minimum Gasteiger partial charge on any atom is -0.486 e. The van der Waals surface area contributed by atoms with Gasteiger partial charge in [0.15, 0.2) is 11.5 Å². The molecule has 0 aliphatic carbocycles. The quantitative estimate of drug-likeness (QED) is 0.901. The van der Waals surface area contributed by atoms with Crippen LogP contribution in [0.5, 0.6) is 11.5 Å². The molecule has 0 aromatic heterocycles. The molecule has 0 radical (unpaired) electrons. The fourth-order valence-electron chi connectivity index (χ4n) is 3.48. The van der Waals surface area contributed by atoms with E-state index in [1.54, 1.807) is 0 Å². The molecule has 140 valence electrons. The lowest BCUT2D eigenvalue weighted by Crippen LogP contribution is -2.44. The van der Waals surface area contributed by atoms with Crippen molar-refractivity contribution in [1.82, 2.24) is 4.90 Å². The number of benzene rings is 2. The lowest BCUT2D eigenvalue weighted by atomic mass is 9.99. The van der Waals surface area contributed by atoms with E-state index in [2.05, 4.69) is 40.6 Å². The van der Waals surface area contributed by atoms with Gasteiger partial charge in [0, 0.05) is 24.8 Å². The highest BCUT2D eigenvalue weighted by molar-refractivity contribution is 5.95. The molecule has 0 spiro atoms. The van der Waals surface area contributed by atoms with Crippen molar-refractivity contribution in [1.29, 1.82) is 0 Å². The van der Waals surface area contributed by atoms with E-state index >= 15 is 0 Å². The molecule has 2 aromatic carbocycles. The first-order chi connectivity index (χ1) is 13.2. The lowest BCUT2D eigenvalue weighted by Gasteiger charge is -2.31. The van der Waals surface area contributed by atoms with Gasteiger partial charge in [-0.1, -0.05) is 36.4 Å². The van der Waals surface area contributed by atoms with Gasteiger partial charge in [0.25, 0.3) is 0 Å². The highest BCUT2D eigenvalue weighted by atomic mass is 16.6. The van der Waals surface area contributed by atoms with E-state index in [1.165, 1.54) is 11.1 Å². The van der Waals surface area contributed by atoms with Crippen molar-refractivity contribution in [3.8, 4) is 11.5 Å². The summed E-state index contributed by atoms with van der Waals surface area (Å²) in [7, 11) is 0. The van der Waals surface area contributed by atoms with E-state index < -0.39 is 0 Å². The van der Waals surface area contributed by atoms with Crippen LogP contribution in [-0.2, 0) is 4.79 Å². The summed E-state index contributed by atoms with van der Waals surface area (Å²) in [4.78, 5) is 14.9. The summed E-state index contributed by atoms with van der Waals surface area (Å²) >= 11 is 0. The minimum atomic E-state index is -0.202. The molecular formula is C22H24N2O3. The molecule has 1 atom stereocenters. The van der Waals surface area contributed by atoms with Crippen molar-refractivity contribution in [2.45, 2.75) is 19.4 Å². The van der Waals surface area contributed by atoms with Crippen molar-refractivity contribution in [2.75, 3.05) is 31.6 Å². The number of hydrogen-bond acceptors (Lipinski definition) is 4. The largest absolute Gasteiger partial charge is 0.486 e. The van der Waals surface area contributed by atoms with E-state index in [9.17, 15) is 4.79 Å². The second-order valence-electron chi connectivity index (χ2n) is 6.86. The molecule has 2 aliphatic rings. The molecule has 0 fully saturated rings. The van der Waals surface area contributed by atoms with Crippen LogP contribution >= 0.6 is 0 Å². The predicted octanol–water partition coefficient (Wildman–Crippen LogP) is 3.57. The van der Waals surface area contributed by atoms with Crippen LogP contribution in [0.15, 0.2) is 54.6 Å². The number of anilines is 1. The van der Waals surface area contributed by atoms with E-state index in [4.69, 9.17) is 9.47 Å². The smallest absolute Gasteiger partial charge is 0.241 e. The van der Waals surface area contributed by atoms with Gasteiger partial charge in [-0.2, -0.15) is 0 Å². The Hall–Kier alpha value is -2.79. The van der Waals surface area contributed by atoms with Crippen molar-refractivity contribution in [2.24, 2.45) is 0 Å². The van der Waals surface area contributed by atoms with Crippen molar-refractivity contribution in [3.05, 3.63) is 60.2 Å². The lowest BCUT2D eigenvalue weighted by molar-refractivity contribution is -0.120. The third kappa shape index (κ3) is 3.98. The second-order valence-corrected chi connectivity index (χ2v) is 6.86. The molecule has 4 rings (SSSR count). The fraction of sp³-hybridized carbons (Fsp3) is 0.318. The van der Waals surface area contributed by atoms with Crippen LogP contribution in [0.1, 0.15) is 18.9 Å². The Kier molecular flexibility index (Phi) is 5.12. The highest BCUT2D eigenvalue weighted by Gasteiger charge is 2.24. The number of amides is 1. The number of fused-ring (bicyclic) bond motifs is 1. The molecule has 5 nitrogen and oxygen atoms in total. The second kappa shape index (κ2) is 7.84. The average Bonchev–Trinajstić information content (AvgIpc) is 2.74. The zero-order valence-electron chi connectivity index (χ0n) is 15.5. The molecule has 0 unspecified atom stereocenters. The normalized spacial score (nSPS) is 17.7. The van der Waals surface area contributed by atoms with Gasteiger partial charge in [-0.05, 0) is 36.6 Å². The van der Waals surface area contributed by atoms with Gasteiger partial charge < -0.3 is 14.8 Å². The van der Waals surface area contributed by atoms with Crippen molar-refractivity contribution in [3.63, 3.8) is 0 Å². The summed E-state index contributed by atoms with van der Waals surface area (Å²) in [6.07, 6.45) is 3.18. The number of carbonyl (C=O) groups excluding carboxylic acids is 1. The molecule has 0 saturated carbocycles. The van der Waals surface area contributed by atoms with Gasteiger partial charge in [0.05, 0.1) is 6.04 Å². The molecule has 1 N–H and O–H groups in total. The maximum absolute atomic E-state index is 12.7. The predicted molar refractivity (Wildman–Crippen MR) is 106 cm³/mol. The molecule has 1 amide bonds. The summed E-state index contributed by atoms with van der Waals surface area (Å²) in [5.41, 5.74) is 3.35. The Labute approximate surface area is 159 Å². The van der Waals surface area contributed by atoms with Crippen molar-refractivity contribution >= 4 is 17.2 Å². The molecular weight excluding hydrogens is 340 g/mol. The summed E-state index contributed by atoms with van der Waals surface area (Å²) in [5.74, 6) is 1.39. The topological polar surface area (TPSA) is 50.8 Å². The first kappa shape index (κ1) is 17.6. The van der Waals surface area contributed by atoms with Crippen LogP contribution in [0.3, 0.4) is 0 Å². The molecule has 2 heterocycles. The Morgan fingerprint density at radius 3 is 2.59 bits per heavy atom. The molecule has 2 aliphatic heterocycles. The molecule has 0 bridgehead atoms. The number of ether oxygens (including phenoxy) is 2. The van der Waals surface area contributed by atoms with Crippen LogP contribution in [0.25, 0.3) is 5.57 Å². The Balaban J connectivity index is 1.38. The van der Waals surface area contributed by atoms with E-state index in [1.807, 2.05) is 31.2 Å². The van der Waals surface area contributed by atoms with Crippen LogP contribution < -0.4 is 14.8 Å². The zero-order chi connectivity index (χ0) is 18.6. The van der Waals surface area contributed by atoms with E-state index in [0.717, 1.165) is 30.9 Å². The number of nitrogens with zero attached hydrogens (tertiary/aromatic N) is 1. The maximum atomic E-state index is 12.7. The molecule has 27 heavy (non-hydrogen) atoms. The maximum Gasteiger partial charge on any atom is 0.241 e. The van der Waals surface area contributed by atoms with Crippen LogP contribution in [0.2, 0.25) is 0 Å². The number of nitrogens with one attached hydrogen (secondary N) is 1. The minimum absolute atomic E-state index is 0.0109. The van der Waals surface area contributed by atoms with Crippen molar-refractivity contribution < 1.29 is 14.3 Å². The Bertz CT molecular complexity index is 848.